The van der Waals surface area contributed by atoms with E-state index in [4.69, 9.17) is 0 Å². The third-order valence-electron chi connectivity index (χ3n) is 3.14. The van der Waals surface area contributed by atoms with Crippen LogP contribution in [-0.4, -0.2) is 30.1 Å². The van der Waals surface area contributed by atoms with Gasteiger partial charge in [0.05, 0.1) is 0 Å². The number of benzene rings is 1. The summed E-state index contributed by atoms with van der Waals surface area (Å²) in [7, 11) is 0. The minimum absolute atomic E-state index is 0.175. The van der Waals surface area contributed by atoms with Crippen molar-refractivity contribution >= 4 is 17.6 Å². The molecule has 1 aliphatic heterocycles. The first-order chi connectivity index (χ1) is 9.76. The molecule has 3 amide bonds. The number of hydrogen-bond acceptors (Lipinski definition) is 2. The van der Waals surface area contributed by atoms with Crippen molar-refractivity contribution in [3.63, 3.8) is 0 Å². The Bertz CT molecular complexity index is 537. The molecule has 0 aliphatic carbocycles. The van der Waals surface area contributed by atoms with Crippen molar-refractivity contribution in [1.82, 2.24) is 10.6 Å². The standard InChI is InChI=1S/C15H20FN3O2/c1-15(2,3)18-14(21)17-12-8-9-19(13(12)20)11-6-4-10(16)5-7-11/h4-7,12H,8-9H2,1-3H3,(H2,17,18,21). The molecule has 1 saturated heterocycles. The van der Waals surface area contributed by atoms with E-state index < -0.39 is 6.04 Å². The molecule has 1 heterocycles. The minimum Gasteiger partial charge on any atom is -0.334 e. The van der Waals surface area contributed by atoms with Gasteiger partial charge in [-0.05, 0) is 51.5 Å². The Morgan fingerprint density at radius 2 is 1.90 bits per heavy atom. The van der Waals surface area contributed by atoms with E-state index in [1.807, 2.05) is 20.8 Å². The maximum absolute atomic E-state index is 12.9. The zero-order valence-electron chi connectivity index (χ0n) is 12.4. The summed E-state index contributed by atoms with van der Waals surface area (Å²) in [6.45, 7) is 6.11. The van der Waals surface area contributed by atoms with Gasteiger partial charge in [-0.25, -0.2) is 9.18 Å². The lowest BCUT2D eigenvalue weighted by Gasteiger charge is -2.22. The van der Waals surface area contributed by atoms with Crippen LogP contribution in [0, 0.1) is 5.82 Å². The summed E-state index contributed by atoms with van der Waals surface area (Å²) in [6.07, 6.45) is 0.535. The number of nitrogens with one attached hydrogen (secondary N) is 2. The molecule has 2 rings (SSSR count). The number of nitrogens with zero attached hydrogens (tertiary/aromatic N) is 1. The van der Waals surface area contributed by atoms with Crippen LogP contribution in [0.15, 0.2) is 24.3 Å². The zero-order valence-corrected chi connectivity index (χ0v) is 12.4. The molecule has 1 unspecified atom stereocenters. The highest BCUT2D eigenvalue weighted by Gasteiger charge is 2.34. The second-order valence-corrected chi connectivity index (χ2v) is 6.16. The molecule has 1 aromatic carbocycles. The fourth-order valence-corrected chi connectivity index (χ4v) is 2.23. The molecule has 1 aromatic rings. The molecule has 0 radical (unpaired) electrons. The largest absolute Gasteiger partial charge is 0.334 e. The Labute approximate surface area is 123 Å². The second-order valence-electron chi connectivity index (χ2n) is 6.16. The average molecular weight is 293 g/mol. The fraction of sp³-hybridized carbons (Fsp3) is 0.467. The van der Waals surface area contributed by atoms with Crippen LogP contribution in [0.5, 0.6) is 0 Å². The first-order valence-electron chi connectivity index (χ1n) is 6.92. The molecule has 1 atom stereocenters. The van der Waals surface area contributed by atoms with E-state index in [2.05, 4.69) is 10.6 Å². The van der Waals surface area contributed by atoms with Crippen molar-refractivity contribution in [3.8, 4) is 0 Å². The van der Waals surface area contributed by atoms with E-state index in [-0.39, 0.29) is 23.3 Å². The molecule has 0 aromatic heterocycles. The van der Waals surface area contributed by atoms with E-state index in [0.717, 1.165) is 0 Å². The maximum Gasteiger partial charge on any atom is 0.315 e. The van der Waals surface area contributed by atoms with Gasteiger partial charge < -0.3 is 15.5 Å². The highest BCUT2D eigenvalue weighted by Crippen LogP contribution is 2.21. The van der Waals surface area contributed by atoms with Crippen LogP contribution in [-0.2, 0) is 4.79 Å². The van der Waals surface area contributed by atoms with Gasteiger partial charge in [0.2, 0.25) is 5.91 Å². The lowest BCUT2D eigenvalue weighted by Crippen LogP contribution is -2.51. The Kier molecular flexibility index (Phi) is 4.16. The van der Waals surface area contributed by atoms with Crippen LogP contribution in [0.2, 0.25) is 0 Å². The quantitative estimate of drug-likeness (QED) is 0.876. The minimum atomic E-state index is -0.544. The third kappa shape index (κ3) is 3.93. The van der Waals surface area contributed by atoms with E-state index in [0.29, 0.717) is 18.7 Å². The highest BCUT2D eigenvalue weighted by molar-refractivity contribution is 6.01. The summed E-state index contributed by atoms with van der Waals surface area (Å²) in [6, 6.07) is 4.85. The predicted octanol–water partition coefficient (Wildman–Crippen LogP) is 2.03. The lowest BCUT2D eigenvalue weighted by molar-refractivity contribution is -0.118. The summed E-state index contributed by atoms with van der Waals surface area (Å²) in [5, 5.41) is 5.44. The molecule has 114 valence electrons. The van der Waals surface area contributed by atoms with Crippen molar-refractivity contribution in [2.45, 2.75) is 38.8 Å². The molecule has 1 aliphatic rings. The zero-order chi connectivity index (χ0) is 15.6. The number of hydrogen-bond donors (Lipinski definition) is 2. The molecule has 5 nitrogen and oxygen atoms in total. The van der Waals surface area contributed by atoms with Gasteiger partial charge in [-0.3, -0.25) is 4.79 Å². The molecular weight excluding hydrogens is 273 g/mol. The lowest BCUT2D eigenvalue weighted by atomic mass is 10.1. The van der Waals surface area contributed by atoms with Crippen LogP contribution in [0.4, 0.5) is 14.9 Å². The molecule has 1 fully saturated rings. The van der Waals surface area contributed by atoms with Gasteiger partial charge in [0.1, 0.15) is 11.9 Å². The summed E-state index contributed by atoms with van der Waals surface area (Å²) in [4.78, 5) is 25.6. The van der Waals surface area contributed by atoms with Crippen molar-refractivity contribution in [1.29, 1.82) is 0 Å². The van der Waals surface area contributed by atoms with Gasteiger partial charge in [-0.1, -0.05) is 0 Å². The number of carbonyl (C=O) groups is 2. The van der Waals surface area contributed by atoms with E-state index >= 15 is 0 Å². The number of urea groups is 1. The third-order valence-corrected chi connectivity index (χ3v) is 3.14. The van der Waals surface area contributed by atoms with E-state index in [9.17, 15) is 14.0 Å². The molecule has 0 spiro atoms. The molecule has 6 heteroatoms. The van der Waals surface area contributed by atoms with Gasteiger partial charge >= 0.3 is 6.03 Å². The number of halogens is 1. The van der Waals surface area contributed by atoms with Crippen molar-refractivity contribution in [3.05, 3.63) is 30.1 Å². The molecule has 21 heavy (non-hydrogen) atoms. The predicted molar refractivity (Wildman–Crippen MR) is 78.6 cm³/mol. The summed E-state index contributed by atoms with van der Waals surface area (Å²) >= 11 is 0. The van der Waals surface area contributed by atoms with E-state index in [1.165, 1.54) is 12.1 Å². The average Bonchev–Trinajstić information content (AvgIpc) is 2.70. The SMILES string of the molecule is CC(C)(C)NC(=O)NC1CCN(c2ccc(F)cc2)C1=O. The Hall–Kier alpha value is -2.11. The number of anilines is 1. The van der Waals surface area contributed by atoms with Crippen LogP contribution >= 0.6 is 0 Å². The van der Waals surface area contributed by atoms with Crippen LogP contribution in [0.1, 0.15) is 27.2 Å². The van der Waals surface area contributed by atoms with Gasteiger partial charge in [0.25, 0.3) is 0 Å². The molecule has 2 N–H and O–H groups in total. The van der Waals surface area contributed by atoms with Crippen LogP contribution in [0.25, 0.3) is 0 Å². The number of rotatable bonds is 2. The van der Waals surface area contributed by atoms with Crippen LogP contribution in [0.3, 0.4) is 0 Å². The van der Waals surface area contributed by atoms with Gasteiger partial charge in [-0.2, -0.15) is 0 Å². The molecule has 0 saturated carbocycles. The Morgan fingerprint density at radius 3 is 2.48 bits per heavy atom. The highest BCUT2D eigenvalue weighted by atomic mass is 19.1. The van der Waals surface area contributed by atoms with Gasteiger partial charge in [0, 0.05) is 17.8 Å². The van der Waals surface area contributed by atoms with Gasteiger partial charge in [-0.15, -0.1) is 0 Å². The first-order valence-corrected chi connectivity index (χ1v) is 6.92. The molecular formula is C15H20FN3O2. The first kappa shape index (κ1) is 15.3. The van der Waals surface area contributed by atoms with Crippen LogP contribution < -0.4 is 15.5 Å². The fourth-order valence-electron chi connectivity index (χ4n) is 2.23. The van der Waals surface area contributed by atoms with Gasteiger partial charge in [0.15, 0.2) is 0 Å². The summed E-state index contributed by atoms with van der Waals surface area (Å²) < 4.78 is 12.9. The van der Waals surface area contributed by atoms with Crippen molar-refractivity contribution < 1.29 is 14.0 Å². The summed E-state index contributed by atoms with van der Waals surface area (Å²) in [5.41, 5.74) is 0.282. The monoisotopic (exact) mass is 293 g/mol. The Balaban J connectivity index is 1.98. The Morgan fingerprint density at radius 1 is 1.29 bits per heavy atom. The summed E-state index contributed by atoms with van der Waals surface area (Å²) in [5.74, 6) is -0.518. The number of carbonyl (C=O) groups excluding carboxylic acids is 2. The number of amides is 3. The second kappa shape index (κ2) is 5.71. The molecule has 0 bridgehead atoms. The normalized spacial score (nSPS) is 18.8. The van der Waals surface area contributed by atoms with Crippen molar-refractivity contribution in [2.24, 2.45) is 0 Å². The maximum atomic E-state index is 12.9. The topological polar surface area (TPSA) is 61.4 Å². The smallest absolute Gasteiger partial charge is 0.315 e. The van der Waals surface area contributed by atoms with Crippen molar-refractivity contribution in [2.75, 3.05) is 11.4 Å². The van der Waals surface area contributed by atoms with E-state index in [1.54, 1.807) is 17.0 Å².